The fourth-order valence-corrected chi connectivity index (χ4v) is 5.39. The van der Waals surface area contributed by atoms with Crippen LogP contribution < -0.4 is 15.6 Å². The molecule has 3 aromatic rings. The molecule has 0 saturated carbocycles. The minimum absolute atomic E-state index is 0.0101. The number of hydrogen-bond acceptors (Lipinski definition) is 6. The highest BCUT2D eigenvalue weighted by Crippen LogP contribution is 2.42. The van der Waals surface area contributed by atoms with Crippen molar-refractivity contribution >= 4 is 28.2 Å². The number of nitrogens with zero attached hydrogens (tertiary/aromatic N) is 2. The second-order valence-electron chi connectivity index (χ2n) is 9.03. The van der Waals surface area contributed by atoms with Crippen LogP contribution in [0.5, 0.6) is 5.75 Å². The van der Waals surface area contributed by atoms with Gasteiger partial charge in [-0.25, -0.2) is 14.2 Å². The Hall–Kier alpha value is -3.79. The summed E-state index contributed by atoms with van der Waals surface area (Å²) in [5.41, 5.74) is 0.574. The van der Waals surface area contributed by atoms with E-state index in [2.05, 4.69) is 16.2 Å². The van der Waals surface area contributed by atoms with Crippen molar-refractivity contribution in [2.45, 2.75) is 38.3 Å². The Morgan fingerprint density at radius 2 is 1.95 bits per heavy atom. The molecule has 4 rings (SSSR count). The van der Waals surface area contributed by atoms with Crippen molar-refractivity contribution in [3.63, 3.8) is 0 Å². The average Bonchev–Trinajstić information content (AvgIpc) is 2.89. The SMILES string of the molecule is C=S1CCn2c(nc(C(=O)NCc3ccc(F)cc3C(=O)OC)c(OCc3ccccc3)c2=O)C1(C)C. The number of esters is 1. The number of halogens is 1. The van der Waals surface area contributed by atoms with E-state index in [1.54, 1.807) is 4.57 Å². The van der Waals surface area contributed by atoms with Crippen molar-refractivity contribution in [2.75, 3.05) is 12.9 Å². The Bertz CT molecular complexity index is 1440. The van der Waals surface area contributed by atoms with Gasteiger partial charge in [-0.3, -0.25) is 14.2 Å². The summed E-state index contributed by atoms with van der Waals surface area (Å²) in [5, 5.41) is 2.69. The Morgan fingerprint density at radius 3 is 2.65 bits per heavy atom. The standard InChI is InChI=1S/C27H28FN3O5S/c1-27(2)26-30-21(23(32)29-15-18-10-11-19(28)14-20(18)25(34)35-3)22(24(33)31(26)12-13-37(27)4)36-16-17-8-6-5-7-9-17/h5-11,14H,4,12-13,15-16H2,1-3H3,(H,29,32). The molecule has 1 aromatic heterocycles. The number of amides is 1. The summed E-state index contributed by atoms with van der Waals surface area (Å²) in [6.45, 7) is 4.29. The fraction of sp³-hybridized carbons (Fsp3) is 0.296. The number of methoxy groups -OCH3 is 1. The van der Waals surface area contributed by atoms with E-state index >= 15 is 0 Å². The van der Waals surface area contributed by atoms with Gasteiger partial charge in [0, 0.05) is 18.8 Å². The number of carbonyl (C=O) groups is 2. The maximum absolute atomic E-state index is 13.7. The lowest BCUT2D eigenvalue weighted by Crippen LogP contribution is -2.40. The normalized spacial score (nSPS) is 15.9. The van der Waals surface area contributed by atoms with Crippen molar-refractivity contribution in [3.8, 4) is 5.75 Å². The zero-order valence-corrected chi connectivity index (χ0v) is 21.7. The van der Waals surface area contributed by atoms with Crippen molar-refractivity contribution in [1.82, 2.24) is 14.9 Å². The quantitative estimate of drug-likeness (QED) is 0.374. The first kappa shape index (κ1) is 26.3. The van der Waals surface area contributed by atoms with Crippen LogP contribution in [0.2, 0.25) is 0 Å². The highest BCUT2D eigenvalue weighted by atomic mass is 32.2. The highest BCUT2D eigenvalue weighted by Gasteiger charge is 2.36. The van der Waals surface area contributed by atoms with Gasteiger partial charge in [0.2, 0.25) is 5.75 Å². The number of rotatable bonds is 7. The summed E-state index contributed by atoms with van der Waals surface area (Å²) in [4.78, 5) is 43.7. The van der Waals surface area contributed by atoms with Gasteiger partial charge in [0.05, 0.1) is 17.4 Å². The van der Waals surface area contributed by atoms with Gasteiger partial charge in [0.15, 0.2) is 5.69 Å². The predicted molar refractivity (Wildman–Crippen MR) is 141 cm³/mol. The summed E-state index contributed by atoms with van der Waals surface area (Å²) in [6, 6.07) is 12.9. The number of benzene rings is 2. The smallest absolute Gasteiger partial charge is 0.338 e. The Kier molecular flexibility index (Phi) is 7.58. The van der Waals surface area contributed by atoms with Gasteiger partial charge in [0.1, 0.15) is 18.2 Å². The Labute approximate surface area is 216 Å². The monoisotopic (exact) mass is 525 g/mol. The molecule has 1 unspecified atom stereocenters. The topological polar surface area (TPSA) is 99.5 Å². The molecule has 2 aromatic carbocycles. The van der Waals surface area contributed by atoms with Crippen LogP contribution in [-0.2, 0) is 29.2 Å². The van der Waals surface area contributed by atoms with Crippen molar-refractivity contribution in [2.24, 2.45) is 0 Å². The third-order valence-electron chi connectivity index (χ3n) is 6.31. The van der Waals surface area contributed by atoms with Crippen molar-refractivity contribution < 1.29 is 23.5 Å². The van der Waals surface area contributed by atoms with Crippen LogP contribution in [0.3, 0.4) is 0 Å². The van der Waals surface area contributed by atoms with Crippen LogP contribution in [0, 0.1) is 5.82 Å². The van der Waals surface area contributed by atoms with E-state index in [0.29, 0.717) is 23.7 Å². The molecule has 0 saturated heterocycles. The first-order valence-electron chi connectivity index (χ1n) is 11.6. The molecule has 1 aliphatic rings. The summed E-state index contributed by atoms with van der Waals surface area (Å²) in [7, 11) is 0.881. The van der Waals surface area contributed by atoms with E-state index in [1.807, 2.05) is 44.2 Å². The summed E-state index contributed by atoms with van der Waals surface area (Å²) < 4.78 is 25.4. The highest BCUT2D eigenvalue weighted by molar-refractivity contribution is 8.14. The van der Waals surface area contributed by atoms with Gasteiger partial charge in [-0.1, -0.05) is 42.3 Å². The number of ether oxygens (including phenoxy) is 2. The molecule has 194 valence electrons. The minimum atomic E-state index is -0.731. The third kappa shape index (κ3) is 5.34. The third-order valence-corrected chi connectivity index (χ3v) is 8.61. The molecule has 1 atom stereocenters. The molecule has 8 nitrogen and oxygen atoms in total. The average molecular weight is 526 g/mol. The second-order valence-corrected chi connectivity index (χ2v) is 11.4. The minimum Gasteiger partial charge on any atom is -0.481 e. The summed E-state index contributed by atoms with van der Waals surface area (Å²) in [6.07, 6.45) is 0. The fourth-order valence-electron chi connectivity index (χ4n) is 4.07. The molecule has 1 N–H and O–H groups in total. The molecule has 1 aliphatic heterocycles. The van der Waals surface area contributed by atoms with Gasteiger partial charge in [0.25, 0.3) is 11.5 Å². The van der Waals surface area contributed by atoms with Gasteiger partial charge in [-0.2, -0.15) is 10.5 Å². The second kappa shape index (κ2) is 10.7. The molecule has 2 heterocycles. The molecule has 0 fully saturated rings. The first-order chi connectivity index (χ1) is 17.6. The van der Waals surface area contributed by atoms with E-state index in [4.69, 9.17) is 9.47 Å². The molecule has 1 amide bonds. The molecule has 0 bridgehead atoms. The molecule has 0 aliphatic carbocycles. The van der Waals surface area contributed by atoms with E-state index in [-0.39, 0.29) is 40.6 Å². The number of carbonyl (C=O) groups excluding carboxylic acids is 2. The van der Waals surface area contributed by atoms with Gasteiger partial charge in [-0.05, 0) is 37.1 Å². The van der Waals surface area contributed by atoms with Crippen LogP contribution in [0.15, 0.2) is 53.3 Å². The lowest BCUT2D eigenvalue weighted by atomic mass is 10.1. The van der Waals surface area contributed by atoms with Crippen LogP contribution in [0.25, 0.3) is 0 Å². The van der Waals surface area contributed by atoms with Crippen LogP contribution in [0.1, 0.15) is 51.6 Å². The maximum Gasteiger partial charge on any atom is 0.338 e. The zero-order chi connectivity index (χ0) is 26.7. The van der Waals surface area contributed by atoms with Crippen LogP contribution in [0.4, 0.5) is 4.39 Å². The zero-order valence-electron chi connectivity index (χ0n) is 20.9. The van der Waals surface area contributed by atoms with E-state index < -0.39 is 28.0 Å². The molecule has 0 radical (unpaired) electrons. The number of fused-ring (bicyclic) bond motifs is 1. The van der Waals surface area contributed by atoms with E-state index in [1.165, 1.54) is 19.2 Å². The Balaban J connectivity index is 1.71. The number of aromatic nitrogens is 2. The lowest BCUT2D eigenvalue weighted by molar-refractivity contribution is 0.0598. The van der Waals surface area contributed by atoms with Gasteiger partial charge < -0.3 is 14.8 Å². The first-order valence-corrected chi connectivity index (χ1v) is 13.2. The molecular weight excluding hydrogens is 497 g/mol. The number of hydrogen-bond donors (Lipinski definition) is 1. The van der Waals surface area contributed by atoms with Crippen LogP contribution >= 0.6 is 10.5 Å². The molecular formula is C27H28FN3O5S. The number of nitrogens with one attached hydrogen (secondary N) is 1. The van der Waals surface area contributed by atoms with E-state index in [9.17, 15) is 18.8 Å². The van der Waals surface area contributed by atoms with Crippen molar-refractivity contribution in [1.29, 1.82) is 0 Å². The van der Waals surface area contributed by atoms with Gasteiger partial charge in [-0.15, -0.1) is 0 Å². The predicted octanol–water partition coefficient (Wildman–Crippen LogP) is 3.63. The molecule has 10 heteroatoms. The van der Waals surface area contributed by atoms with Crippen molar-refractivity contribution in [3.05, 3.63) is 92.9 Å². The molecule has 37 heavy (non-hydrogen) atoms. The van der Waals surface area contributed by atoms with E-state index in [0.717, 1.165) is 11.6 Å². The van der Waals surface area contributed by atoms with Crippen LogP contribution in [-0.4, -0.2) is 40.2 Å². The largest absolute Gasteiger partial charge is 0.481 e. The van der Waals surface area contributed by atoms with Gasteiger partial charge >= 0.3 is 5.97 Å². The molecule has 0 spiro atoms. The maximum atomic E-state index is 13.7. The lowest BCUT2D eigenvalue weighted by Gasteiger charge is -2.35. The Morgan fingerprint density at radius 1 is 1.22 bits per heavy atom. The summed E-state index contributed by atoms with van der Waals surface area (Å²) >= 11 is 0. The summed E-state index contributed by atoms with van der Waals surface area (Å²) in [5.74, 6) is 3.27.